The second-order valence-corrected chi connectivity index (χ2v) is 5.78. The van der Waals surface area contributed by atoms with Crippen molar-refractivity contribution in [1.82, 2.24) is 4.90 Å². The molecule has 0 aromatic carbocycles. The van der Waals surface area contributed by atoms with Crippen LogP contribution < -0.4 is 0 Å². The molecule has 0 aromatic heterocycles. The van der Waals surface area contributed by atoms with Crippen molar-refractivity contribution >= 4 is 15.9 Å². The lowest BCUT2D eigenvalue weighted by Gasteiger charge is -2.40. The summed E-state index contributed by atoms with van der Waals surface area (Å²) in [5.41, 5.74) is 0.353. The van der Waals surface area contributed by atoms with Crippen molar-refractivity contribution in [1.29, 1.82) is 0 Å². The third-order valence-corrected chi connectivity index (χ3v) is 4.25. The van der Waals surface area contributed by atoms with Crippen LogP contribution in [0.5, 0.6) is 0 Å². The molecule has 14 heavy (non-hydrogen) atoms. The van der Waals surface area contributed by atoms with Crippen molar-refractivity contribution in [3.63, 3.8) is 0 Å². The van der Waals surface area contributed by atoms with Crippen LogP contribution in [-0.2, 0) is 4.74 Å². The molecule has 2 unspecified atom stereocenters. The minimum Gasteiger partial charge on any atom is -0.376 e. The van der Waals surface area contributed by atoms with E-state index >= 15 is 0 Å². The molecule has 1 aliphatic rings. The van der Waals surface area contributed by atoms with Crippen molar-refractivity contribution in [2.45, 2.75) is 39.8 Å². The summed E-state index contributed by atoms with van der Waals surface area (Å²) in [6.45, 7) is 12.1. The van der Waals surface area contributed by atoms with Gasteiger partial charge in [0.25, 0.3) is 0 Å². The van der Waals surface area contributed by atoms with Crippen LogP contribution >= 0.6 is 15.9 Å². The largest absolute Gasteiger partial charge is 0.376 e. The molecule has 1 rings (SSSR count). The van der Waals surface area contributed by atoms with Gasteiger partial charge in [-0.2, -0.15) is 0 Å². The fraction of sp³-hybridized carbons (Fsp3) is 1.00. The summed E-state index contributed by atoms with van der Waals surface area (Å²) in [4.78, 5) is 2.54. The molecule has 0 aliphatic carbocycles. The lowest BCUT2D eigenvalue weighted by molar-refractivity contribution is -0.0583. The Hall–Kier alpha value is 0.400. The highest BCUT2D eigenvalue weighted by Gasteiger charge is 2.28. The smallest absolute Gasteiger partial charge is 0.0674 e. The van der Waals surface area contributed by atoms with Gasteiger partial charge in [0.05, 0.1) is 12.7 Å². The summed E-state index contributed by atoms with van der Waals surface area (Å²) >= 11 is 3.57. The highest BCUT2D eigenvalue weighted by molar-refractivity contribution is 9.09. The number of rotatable bonds is 3. The first-order chi connectivity index (χ1) is 6.44. The van der Waals surface area contributed by atoms with E-state index in [1.165, 1.54) is 0 Å². The first kappa shape index (κ1) is 12.5. The highest BCUT2D eigenvalue weighted by Crippen LogP contribution is 2.23. The molecule has 0 aromatic rings. The van der Waals surface area contributed by atoms with Gasteiger partial charge >= 0.3 is 0 Å². The zero-order valence-corrected chi connectivity index (χ0v) is 11.3. The normalized spacial score (nSPS) is 30.6. The van der Waals surface area contributed by atoms with Gasteiger partial charge in [-0.3, -0.25) is 4.90 Å². The molecule has 0 N–H and O–H groups in total. The second-order valence-electron chi connectivity index (χ2n) is 5.22. The Morgan fingerprint density at radius 2 is 2.07 bits per heavy atom. The Kier molecular flexibility index (Phi) is 4.41. The molecule has 0 saturated carbocycles. The molecule has 84 valence electrons. The van der Waals surface area contributed by atoms with Gasteiger partial charge in [-0.1, -0.05) is 29.8 Å². The Morgan fingerprint density at radius 1 is 1.43 bits per heavy atom. The maximum absolute atomic E-state index is 5.62. The van der Waals surface area contributed by atoms with E-state index in [0.29, 0.717) is 17.6 Å². The zero-order chi connectivity index (χ0) is 10.8. The lowest BCUT2D eigenvalue weighted by atomic mass is 9.94. The summed E-state index contributed by atoms with van der Waals surface area (Å²) < 4.78 is 5.62. The molecule has 2 nitrogen and oxygen atoms in total. The summed E-state index contributed by atoms with van der Waals surface area (Å²) in [6.07, 6.45) is 0.386. The minimum atomic E-state index is 0.353. The van der Waals surface area contributed by atoms with Crippen LogP contribution in [0.3, 0.4) is 0 Å². The van der Waals surface area contributed by atoms with Crippen LogP contribution in [0.25, 0.3) is 0 Å². The monoisotopic (exact) mass is 263 g/mol. The van der Waals surface area contributed by atoms with Gasteiger partial charge in [-0.05, 0) is 19.3 Å². The number of morpholine rings is 1. The number of ether oxygens (including phenoxy) is 1. The Balaban J connectivity index is 2.49. The zero-order valence-electron chi connectivity index (χ0n) is 9.72. The van der Waals surface area contributed by atoms with Crippen LogP contribution in [0.1, 0.15) is 27.7 Å². The third-order valence-electron chi connectivity index (χ3n) is 2.73. The summed E-state index contributed by atoms with van der Waals surface area (Å²) in [5, 5.41) is 1.05. The molecule has 0 bridgehead atoms. The number of nitrogens with zero attached hydrogens (tertiary/aromatic N) is 1. The Morgan fingerprint density at radius 3 is 2.64 bits per heavy atom. The van der Waals surface area contributed by atoms with Crippen LogP contribution in [0.15, 0.2) is 0 Å². The van der Waals surface area contributed by atoms with Crippen LogP contribution in [0.4, 0.5) is 0 Å². The molecular weight excluding hydrogens is 242 g/mol. The average Bonchev–Trinajstić information content (AvgIpc) is 2.11. The maximum atomic E-state index is 5.62. The number of alkyl halides is 1. The summed E-state index contributed by atoms with van der Waals surface area (Å²) in [6, 6.07) is 0.560. The van der Waals surface area contributed by atoms with E-state index in [-0.39, 0.29) is 0 Å². The summed E-state index contributed by atoms with van der Waals surface area (Å²) in [5.74, 6) is 0. The van der Waals surface area contributed by atoms with E-state index in [4.69, 9.17) is 4.74 Å². The van der Waals surface area contributed by atoms with Crippen molar-refractivity contribution in [3.8, 4) is 0 Å². The van der Waals surface area contributed by atoms with Crippen molar-refractivity contribution < 1.29 is 4.74 Å². The predicted octanol–water partition coefficient (Wildman–Crippen LogP) is 2.52. The van der Waals surface area contributed by atoms with Gasteiger partial charge in [0.1, 0.15) is 0 Å². The number of hydrogen-bond acceptors (Lipinski definition) is 2. The fourth-order valence-corrected chi connectivity index (χ4v) is 1.96. The van der Waals surface area contributed by atoms with Crippen LogP contribution in [0.2, 0.25) is 0 Å². The van der Waals surface area contributed by atoms with Gasteiger partial charge in [-0.25, -0.2) is 0 Å². The van der Waals surface area contributed by atoms with E-state index in [0.717, 1.165) is 25.0 Å². The average molecular weight is 264 g/mol. The molecular formula is C11H22BrNO. The SMILES string of the molecule is CC1CN(CC(C)(C)CBr)C(C)CO1. The third kappa shape index (κ3) is 3.52. The van der Waals surface area contributed by atoms with Crippen molar-refractivity contribution in [3.05, 3.63) is 0 Å². The minimum absolute atomic E-state index is 0.353. The van der Waals surface area contributed by atoms with E-state index in [1.807, 2.05) is 0 Å². The van der Waals surface area contributed by atoms with Crippen LogP contribution in [0, 0.1) is 5.41 Å². The van der Waals surface area contributed by atoms with Gasteiger partial charge in [0.2, 0.25) is 0 Å². The molecule has 1 aliphatic heterocycles. The van der Waals surface area contributed by atoms with Gasteiger partial charge in [0.15, 0.2) is 0 Å². The summed E-state index contributed by atoms with van der Waals surface area (Å²) in [7, 11) is 0. The van der Waals surface area contributed by atoms with E-state index in [9.17, 15) is 0 Å². The molecule has 1 fully saturated rings. The van der Waals surface area contributed by atoms with E-state index in [2.05, 4.69) is 48.5 Å². The Labute approximate surface area is 96.1 Å². The molecule has 0 amide bonds. The van der Waals surface area contributed by atoms with E-state index in [1.54, 1.807) is 0 Å². The first-order valence-corrected chi connectivity index (χ1v) is 6.48. The molecule has 1 heterocycles. The quantitative estimate of drug-likeness (QED) is 0.726. The number of hydrogen-bond donors (Lipinski definition) is 0. The molecule has 2 atom stereocenters. The molecule has 0 spiro atoms. The van der Waals surface area contributed by atoms with E-state index < -0.39 is 0 Å². The Bertz CT molecular complexity index is 184. The maximum Gasteiger partial charge on any atom is 0.0674 e. The molecule has 0 radical (unpaired) electrons. The van der Waals surface area contributed by atoms with Gasteiger partial charge in [-0.15, -0.1) is 0 Å². The highest BCUT2D eigenvalue weighted by atomic mass is 79.9. The topological polar surface area (TPSA) is 12.5 Å². The van der Waals surface area contributed by atoms with Gasteiger partial charge in [0, 0.05) is 24.5 Å². The standard InChI is InChI=1S/C11H22BrNO/c1-9-6-14-10(2)5-13(9)8-11(3,4)7-12/h9-10H,5-8H2,1-4H3. The first-order valence-electron chi connectivity index (χ1n) is 5.36. The van der Waals surface area contributed by atoms with Crippen molar-refractivity contribution in [2.75, 3.05) is 25.0 Å². The number of halogens is 1. The van der Waals surface area contributed by atoms with Crippen molar-refractivity contribution in [2.24, 2.45) is 5.41 Å². The lowest BCUT2D eigenvalue weighted by Crippen LogP contribution is -2.50. The van der Waals surface area contributed by atoms with Gasteiger partial charge < -0.3 is 4.74 Å². The molecule has 3 heteroatoms. The van der Waals surface area contributed by atoms with Crippen LogP contribution in [-0.4, -0.2) is 42.1 Å². The predicted molar refractivity (Wildman–Crippen MR) is 64.0 cm³/mol. The molecule has 1 saturated heterocycles. The second kappa shape index (κ2) is 4.95. The fourth-order valence-electron chi connectivity index (χ4n) is 1.78.